The summed E-state index contributed by atoms with van der Waals surface area (Å²) >= 11 is 0. The lowest BCUT2D eigenvalue weighted by molar-refractivity contribution is 0.173. The van der Waals surface area contributed by atoms with Crippen molar-refractivity contribution in [2.24, 2.45) is 5.16 Å². The Balaban J connectivity index is 2.00. The molecule has 1 aliphatic heterocycles. The summed E-state index contributed by atoms with van der Waals surface area (Å²) in [6.07, 6.45) is 4.08. The van der Waals surface area contributed by atoms with Crippen LogP contribution in [0, 0.1) is 0 Å². The summed E-state index contributed by atoms with van der Waals surface area (Å²) in [5.41, 5.74) is 1.02. The third-order valence-electron chi connectivity index (χ3n) is 1.49. The Labute approximate surface area is 63.7 Å². The van der Waals surface area contributed by atoms with Gasteiger partial charge < -0.3 is 4.84 Å². The lowest BCUT2D eigenvalue weighted by atomic mass is 10.3. The van der Waals surface area contributed by atoms with Gasteiger partial charge in [0.25, 0.3) is 0 Å². The van der Waals surface area contributed by atoms with Gasteiger partial charge in [-0.25, -0.2) is 9.67 Å². The molecule has 2 rings (SSSR count). The fourth-order valence-electron chi connectivity index (χ4n) is 0.955. The van der Waals surface area contributed by atoms with Gasteiger partial charge in [-0.2, -0.15) is 5.10 Å². The molecule has 0 atom stereocenters. The fraction of sp³-hybridized carbons (Fsp3) is 0.500. The maximum atomic E-state index is 4.83. The van der Waals surface area contributed by atoms with Gasteiger partial charge in [0, 0.05) is 6.42 Å². The molecule has 5 heteroatoms. The number of hydrogen-bond donors (Lipinski definition) is 0. The van der Waals surface area contributed by atoms with Gasteiger partial charge >= 0.3 is 0 Å². The molecule has 0 aromatic carbocycles. The van der Waals surface area contributed by atoms with Crippen LogP contribution < -0.4 is 0 Å². The summed E-state index contributed by atoms with van der Waals surface area (Å²) in [6.45, 7) is 1.39. The van der Waals surface area contributed by atoms with E-state index in [0.29, 0.717) is 13.2 Å². The van der Waals surface area contributed by atoms with E-state index in [0.717, 1.165) is 12.1 Å². The monoisotopic (exact) mass is 152 g/mol. The summed E-state index contributed by atoms with van der Waals surface area (Å²) in [5, 5.41) is 7.79. The van der Waals surface area contributed by atoms with Gasteiger partial charge in [-0.05, 0) is 0 Å². The average molecular weight is 152 g/mol. The van der Waals surface area contributed by atoms with E-state index in [1.54, 1.807) is 11.0 Å². The summed E-state index contributed by atoms with van der Waals surface area (Å²) in [4.78, 5) is 8.65. The molecule has 1 aliphatic rings. The van der Waals surface area contributed by atoms with E-state index in [1.807, 2.05) is 0 Å². The number of nitrogens with zero attached hydrogens (tertiary/aromatic N) is 4. The molecule has 1 aromatic heterocycles. The molecule has 0 spiro atoms. The van der Waals surface area contributed by atoms with Crippen molar-refractivity contribution in [2.45, 2.75) is 13.0 Å². The Morgan fingerprint density at radius 3 is 3.27 bits per heavy atom. The topological polar surface area (TPSA) is 52.3 Å². The van der Waals surface area contributed by atoms with Crippen LogP contribution in [-0.4, -0.2) is 27.1 Å². The van der Waals surface area contributed by atoms with Crippen LogP contribution in [0.1, 0.15) is 6.42 Å². The van der Waals surface area contributed by atoms with E-state index in [9.17, 15) is 0 Å². The minimum Gasteiger partial charge on any atom is -0.395 e. The molecule has 0 fully saturated rings. The first-order chi connectivity index (χ1) is 5.45. The zero-order valence-corrected chi connectivity index (χ0v) is 5.97. The van der Waals surface area contributed by atoms with E-state index >= 15 is 0 Å². The lowest BCUT2D eigenvalue weighted by Crippen LogP contribution is -2.08. The Morgan fingerprint density at radius 2 is 2.64 bits per heavy atom. The molecule has 0 aliphatic carbocycles. The van der Waals surface area contributed by atoms with Crippen LogP contribution in [0.3, 0.4) is 0 Å². The average Bonchev–Trinajstić information content (AvgIpc) is 2.60. The highest BCUT2D eigenvalue weighted by molar-refractivity contribution is 5.84. The second-order valence-electron chi connectivity index (χ2n) is 2.33. The van der Waals surface area contributed by atoms with Crippen LogP contribution in [-0.2, 0) is 11.4 Å². The van der Waals surface area contributed by atoms with Crippen LogP contribution in [0.5, 0.6) is 0 Å². The van der Waals surface area contributed by atoms with Crippen LogP contribution >= 0.6 is 0 Å². The van der Waals surface area contributed by atoms with Gasteiger partial charge in [-0.1, -0.05) is 5.16 Å². The van der Waals surface area contributed by atoms with E-state index in [2.05, 4.69) is 15.2 Å². The molecule has 0 radical (unpaired) electrons. The summed E-state index contributed by atoms with van der Waals surface area (Å²) in [5.74, 6) is 0. The molecular formula is C6H8N4O. The van der Waals surface area contributed by atoms with E-state index < -0.39 is 0 Å². The molecule has 0 saturated heterocycles. The fourth-order valence-corrected chi connectivity index (χ4v) is 0.955. The van der Waals surface area contributed by atoms with Crippen LogP contribution in [0.15, 0.2) is 17.8 Å². The molecule has 0 N–H and O–H groups in total. The predicted molar refractivity (Wildman–Crippen MR) is 38.0 cm³/mol. The second-order valence-corrected chi connectivity index (χ2v) is 2.33. The second kappa shape index (κ2) is 2.69. The molecule has 11 heavy (non-hydrogen) atoms. The van der Waals surface area contributed by atoms with Crippen molar-refractivity contribution in [3.8, 4) is 0 Å². The van der Waals surface area contributed by atoms with Gasteiger partial charge in [0.05, 0.1) is 12.3 Å². The van der Waals surface area contributed by atoms with Crippen molar-refractivity contribution < 1.29 is 4.84 Å². The molecule has 0 amide bonds. The molecule has 0 bridgehead atoms. The first-order valence-electron chi connectivity index (χ1n) is 3.45. The highest BCUT2D eigenvalue weighted by Crippen LogP contribution is 2.01. The van der Waals surface area contributed by atoms with Crippen molar-refractivity contribution in [2.75, 3.05) is 6.61 Å². The number of aromatic nitrogens is 3. The minimum atomic E-state index is 0.694. The Hall–Kier alpha value is -1.39. The lowest BCUT2D eigenvalue weighted by Gasteiger charge is -1.95. The summed E-state index contributed by atoms with van der Waals surface area (Å²) in [6, 6.07) is 0. The van der Waals surface area contributed by atoms with Crippen molar-refractivity contribution >= 4 is 5.71 Å². The number of oxime groups is 1. The number of rotatable bonds is 2. The SMILES string of the molecule is c1ncn(CC2=NOCC2)n1. The number of hydrogen-bond acceptors (Lipinski definition) is 4. The molecule has 2 heterocycles. The minimum absolute atomic E-state index is 0.694. The van der Waals surface area contributed by atoms with Gasteiger partial charge in [0.15, 0.2) is 0 Å². The van der Waals surface area contributed by atoms with Crippen LogP contribution in [0.2, 0.25) is 0 Å². The molecular weight excluding hydrogens is 144 g/mol. The van der Waals surface area contributed by atoms with E-state index in [1.165, 1.54) is 6.33 Å². The van der Waals surface area contributed by atoms with Crippen molar-refractivity contribution in [3.63, 3.8) is 0 Å². The van der Waals surface area contributed by atoms with Crippen LogP contribution in [0.4, 0.5) is 0 Å². The normalized spacial score (nSPS) is 16.2. The molecule has 0 unspecified atom stereocenters. The standard InChI is InChI=1S/C6H8N4O/c1-2-11-9-6(1)3-10-5-7-4-8-10/h4-5H,1-3H2. The zero-order chi connectivity index (χ0) is 7.52. The smallest absolute Gasteiger partial charge is 0.137 e. The Morgan fingerprint density at radius 1 is 1.64 bits per heavy atom. The summed E-state index contributed by atoms with van der Waals surface area (Å²) in [7, 11) is 0. The molecule has 58 valence electrons. The predicted octanol–water partition coefficient (Wildman–Crippen LogP) is 0.0544. The molecule has 0 saturated carbocycles. The van der Waals surface area contributed by atoms with Gasteiger partial charge in [0.1, 0.15) is 19.3 Å². The highest BCUT2D eigenvalue weighted by atomic mass is 16.6. The van der Waals surface area contributed by atoms with Gasteiger partial charge in [-0.3, -0.25) is 0 Å². The van der Waals surface area contributed by atoms with Crippen molar-refractivity contribution in [1.82, 2.24) is 14.8 Å². The van der Waals surface area contributed by atoms with E-state index in [-0.39, 0.29) is 0 Å². The largest absolute Gasteiger partial charge is 0.395 e. The Kier molecular flexibility index (Phi) is 1.55. The first kappa shape index (κ1) is 6.33. The molecule has 5 nitrogen and oxygen atoms in total. The maximum absolute atomic E-state index is 4.83. The van der Waals surface area contributed by atoms with Crippen molar-refractivity contribution in [3.05, 3.63) is 12.7 Å². The maximum Gasteiger partial charge on any atom is 0.137 e. The quantitative estimate of drug-likeness (QED) is 0.601. The zero-order valence-electron chi connectivity index (χ0n) is 5.97. The summed E-state index contributed by atoms with van der Waals surface area (Å²) < 4.78 is 1.73. The third-order valence-corrected chi connectivity index (χ3v) is 1.49. The third kappa shape index (κ3) is 1.36. The highest BCUT2D eigenvalue weighted by Gasteiger charge is 2.07. The van der Waals surface area contributed by atoms with Gasteiger partial charge in [0.2, 0.25) is 0 Å². The van der Waals surface area contributed by atoms with Crippen molar-refractivity contribution in [1.29, 1.82) is 0 Å². The first-order valence-corrected chi connectivity index (χ1v) is 3.45. The Bertz CT molecular complexity index is 254. The van der Waals surface area contributed by atoms with Gasteiger partial charge in [-0.15, -0.1) is 0 Å². The van der Waals surface area contributed by atoms with E-state index in [4.69, 9.17) is 4.84 Å². The van der Waals surface area contributed by atoms with Crippen LogP contribution in [0.25, 0.3) is 0 Å². The molecule has 1 aromatic rings.